The predicted octanol–water partition coefficient (Wildman–Crippen LogP) is 2.54. The van der Waals surface area contributed by atoms with E-state index < -0.39 is 77.6 Å². The Labute approximate surface area is 227 Å². The third kappa shape index (κ3) is 8.10. The van der Waals surface area contributed by atoms with Crippen LogP contribution in [-0.2, 0) is 14.3 Å². The van der Waals surface area contributed by atoms with Gasteiger partial charge in [0, 0.05) is 37.5 Å². The number of nitrogens with zero attached hydrogens (tertiary/aromatic N) is 3. The maximum Gasteiger partial charge on any atom is 0.308 e. The fourth-order valence-corrected chi connectivity index (χ4v) is 4.01. The molecule has 0 bridgehead atoms. The van der Waals surface area contributed by atoms with Crippen LogP contribution < -0.4 is 10.1 Å². The normalized spacial score (nSPS) is 15.8. The number of halogens is 4. The summed E-state index contributed by atoms with van der Waals surface area (Å²) >= 11 is 0. The van der Waals surface area contributed by atoms with E-state index in [0.29, 0.717) is 0 Å². The lowest BCUT2D eigenvalue weighted by molar-refractivity contribution is -0.156. The Bertz CT molecular complexity index is 1190. The SMILES string of the molecule is CC(C)(C)OC(=O)C[C@H](NC(=O)C1CCN(C(=O)c2ncccn2)CC1)C(O)COc1c(F)c(F)cc(F)c1F. The Balaban J connectivity index is 1.66. The van der Waals surface area contributed by atoms with Gasteiger partial charge in [0.25, 0.3) is 5.91 Å². The molecular formula is C26H30F4N4O6. The highest BCUT2D eigenvalue weighted by atomic mass is 19.2. The number of rotatable bonds is 9. The standard InChI is InChI=1S/C26H30F4N4O6/c1-26(2,3)40-19(36)12-17(18(35)13-39-22-20(29)15(27)11-16(28)21(22)30)33-24(37)14-5-9-34(10-6-14)25(38)23-31-7-4-8-32-23/h4,7-8,11,14,17-18,35H,5-6,9-10,12-13H2,1-3H3,(H,33,37)/t17-,18?/m0/s1. The Morgan fingerprint density at radius 2 is 1.65 bits per heavy atom. The van der Waals surface area contributed by atoms with Crippen molar-refractivity contribution in [3.05, 3.63) is 53.6 Å². The van der Waals surface area contributed by atoms with Crippen molar-refractivity contribution in [3.63, 3.8) is 0 Å². The molecule has 2 N–H and O–H groups in total. The molecule has 1 aliphatic rings. The van der Waals surface area contributed by atoms with Gasteiger partial charge in [0.2, 0.25) is 23.4 Å². The molecular weight excluding hydrogens is 540 g/mol. The predicted molar refractivity (Wildman–Crippen MR) is 131 cm³/mol. The molecule has 0 spiro atoms. The summed E-state index contributed by atoms with van der Waals surface area (Å²) in [5, 5.41) is 13.2. The summed E-state index contributed by atoms with van der Waals surface area (Å²) in [6, 6.07) is 0.235. The third-order valence-corrected chi connectivity index (χ3v) is 5.98. The lowest BCUT2D eigenvalue weighted by Gasteiger charge is -2.32. The number of amides is 2. The van der Waals surface area contributed by atoms with Gasteiger partial charge in [0.1, 0.15) is 18.3 Å². The van der Waals surface area contributed by atoms with Crippen LogP contribution >= 0.6 is 0 Å². The molecule has 1 aliphatic heterocycles. The van der Waals surface area contributed by atoms with Crippen LogP contribution in [-0.4, -0.2) is 75.2 Å². The zero-order valence-electron chi connectivity index (χ0n) is 22.1. The van der Waals surface area contributed by atoms with Crippen LogP contribution in [0.15, 0.2) is 24.5 Å². The molecule has 1 saturated heterocycles. The minimum Gasteiger partial charge on any atom is -0.485 e. The number of aliphatic hydroxyl groups excluding tert-OH is 1. The largest absolute Gasteiger partial charge is 0.485 e. The van der Waals surface area contributed by atoms with Crippen LogP contribution in [0.2, 0.25) is 0 Å². The summed E-state index contributed by atoms with van der Waals surface area (Å²) in [4.78, 5) is 47.4. The molecule has 0 aliphatic carbocycles. The van der Waals surface area contributed by atoms with Crippen LogP contribution in [0.25, 0.3) is 0 Å². The maximum absolute atomic E-state index is 14.0. The van der Waals surface area contributed by atoms with E-state index in [2.05, 4.69) is 15.3 Å². The minimum atomic E-state index is -1.80. The van der Waals surface area contributed by atoms with Crippen molar-refractivity contribution in [3.8, 4) is 5.75 Å². The van der Waals surface area contributed by atoms with Gasteiger partial charge in [-0.25, -0.2) is 18.7 Å². The van der Waals surface area contributed by atoms with Gasteiger partial charge >= 0.3 is 5.97 Å². The lowest BCUT2D eigenvalue weighted by atomic mass is 9.94. The number of carbonyl (C=O) groups excluding carboxylic acids is 3. The van der Waals surface area contributed by atoms with Crippen molar-refractivity contribution in [2.45, 2.75) is 57.8 Å². The second kappa shape index (κ2) is 13.0. The Morgan fingerprint density at radius 1 is 1.07 bits per heavy atom. The van der Waals surface area contributed by atoms with E-state index in [0.717, 1.165) is 0 Å². The Morgan fingerprint density at radius 3 is 2.20 bits per heavy atom. The number of aliphatic hydroxyl groups is 1. The zero-order chi connectivity index (χ0) is 29.6. The molecule has 2 amide bonds. The van der Waals surface area contributed by atoms with E-state index >= 15 is 0 Å². The van der Waals surface area contributed by atoms with E-state index in [1.165, 1.54) is 17.3 Å². The van der Waals surface area contributed by atoms with Crippen molar-refractivity contribution in [1.29, 1.82) is 0 Å². The molecule has 1 unspecified atom stereocenters. The fourth-order valence-electron chi connectivity index (χ4n) is 4.01. The number of carbonyl (C=O) groups is 3. The highest BCUT2D eigenvalue weighted by Crippen LogP contribution is 2.27. The number of piperidine rings is 1. The van der Waals surface area contributed by atoms with Gasteiger partial charge in [-0.1, -0.05) is 0 Å². The molecule has 1 aromatic heterocycles. The van der Waals surface area contributed by atoms with Gasteiger partial charge in [-0.2, -0.15) is 8.78 Å². The van der Waals surface area contributed by atoms with E-state index in [1.807, 2.05) is 0 Å². The summed E-state index contributed by atoms with van der Waals surface area (Å²) in [6.45, 7) is 4.35. The van der Waals surface area contributed by atoms with E-state index in [1.54, 1.807) is 26.8 Å². The molecule has 14 heteroatoms. The average Bonchev–Trinajstić information content (AvgIpc) is 2.90. The molecule has 10 nitrogen and oxygen atoms in total. The van der Waals surface area contributed by atoms with Crippen molar-refractivity contribution in [1.82, 2.24) is 20.2 Å². The lowest BCUT2D eigenvalue weighted by Crippen LogP contribution is -2.51. The first-order chi connectivity index (χ1) is 18.8. The molecule has 0 radical (unpaired) electrons. The molecule has 40 heavy (non-hydrogen) atoms. The van der Waals surface area contributed by atoms with E-state index in [-0.39, 0.29) is 43.7 Å². The average molecular weight is 571 g/mol. The highest BCUT2D eigenvalue weighted by Gasteiger charge is 2.33. The monoisotopic (exact) mass is 570 g/mol. The molecule has 1 fully saturated rings. The second-order valence-electron chi connectivity index (χ2n) is 10.2. The molecule has 2 atom stereocenters. The topological polar surface area (TPSA) is 131 Å². The fraction of sp³-hybridized carbons (Fsp3) is 0.500. The van der Waals surface area contributed by atoms with Crippen LogP contribution in [0, 0.1) is 29.2 Å². The second-order valence-corrected chi connectivity index (χ2v) is 10.2. The number of likely N-dealkylation sites (tertiary alicyclic amines) is 1. The molecule has 218 valence electrons. The first-order valence-corrected chi connectivity index (χ1v) is 12.5. The number of nitrogens with one attached hydrogen (secondary N) is 1. The van der Waals surface area contributed by atoms with Crippen molar-refractivity contribution in [2.24, 2.45) is 5.92 Å². The zero-order valence-corrected chi connectivity index (χ0v) is 22.1. The number of hydrogen-bond acceptors (Lipinski definition) is 8. The minimum absolute atomic E-state index is 0.00519. The Hall–Kier alpha value is -3.81. The molecule has 1 aromatic carbocycles. The van der Waals surface area contributed by atoms with Gasteiger partial charge in [0.15, 0.2) is 17.4 Å². The molecule has 0 saturated carbocycles. The summed E-state index contributed by atoms with van der Waals surface area (Å²) < 4.78 is 65.0. The summed E-state index contributed by atoms with van der Waals surface area (Å²) in [7, 11) is 0. The first-order valence-electron chi connectivity index (χ1n) is 12.5. The number of hydrogen-bond donors (Lipinski definition) is 2. The first kappa shape index (κ1) is 30.7. The van der Waals surface area contributed by atoms with Crippen molar-refractivity contribution < 1.29 is 46.5 Å². The van der Waals surface area contributed by atoms with Crippen LogP contribution in [0.5, 0.6) is 5.75 Å². The number of aromatic nitrogens is 2. The number of benzene rings is 1. The van der Waals surface area contributed by atoms with Crippen LogP contribution in [0.4, 0.5) is 17.6 Å². The molecule has 2 aromatic rings. The van der Waals surface area contributed by atoms with Gasteiger partial charge in [-0.3, -0.25) is 14.4 Å². The van der Waals surface area contributed by atoms with Crippen molar-refractivity contribution in [2.75, 3.05) is 19.7 Å². The maximum atomic E-state index is 14.0. The molecule has 2 heterocycles. The third-order valence-electron chi connectivity index (χ3n) is 5.98. The summed E-state index contributed by atoms with van der Waals surface area (Å²) in [5.74, 6) is -10.7. The smallest absolute Gasteiger partial charge is 0.308 e. The summed E-state index contributed by atoms with van der Waals surface area (Å²) in [6.07, 6.45) is 1.11. The van der Waals surface area contributed by atoms with Crippen LogP contribution in [0.1, 0.15) is 50.7 Å². The highest BCUT2D eigenvalue weighted by molar-refractivity contribution is 5.90. The van der Waals surface area contributed by atoms with Crippen molar-refractivity contribution >= 4 is 17.8 Å². The van der Waals surface area contributed by atoms with Gasteiger partial charge in [0.05, 0.1) is 12.5 Å². The van der Waals surface area contributed by atoms with E-state index in [4.69, 9.17) is 9.47 Å². The number of esters is 1. The van der Waals surface area contributed by atoms with E-state index in [9.17, 15) is 37.1 Å². The van der Waals surface area contributed by atoms with Crippen LogP contribution in [0.3, 0.4) is 0 Å². The van der Waals surface area contributed by atoms with Gasteiger partial charge < -0.3 is 24.8 Å². The quantitative estimate of drug-likeness (QED) is 0.267. The number of ether oxygens (including phenoxy) is 2. The Kier molecular flexibility index (Phi) is 10.0. The van der Waals surface area contributed by atoms with Gasteiger partial charge in [-0.05, 0) is 39.7 Å². The summed E-state index contributed by atoms with van der Waals surface area (Å²) in [5.41, 5.74) is -0.889. The molecule has 3 rings (SSSR count). The van der Waals surface area contributed by atoms with Gasteiger partial charge in [-0.15, -0.1) is 0 Å².